The third kappa shape index (κ3) is 2.89. The number of halogens is 1. The molecule has 0 amide bonds. The molecule has 0 radical (unpaired) electrons. The van der Waals surface area contributed by atoms with E-state index in [4.69, 9.17) is 9.47 Å². The molecule has 1 aromatic heterocycles. The molecule has 4 rings (SSSR count). The highest BCUT2D eigenvalue weighted by Gasteiger charge is 2.26. The summed E-state index contributed by atoms with van der Waals surface area (Å²) in [6, 6.07) is 9.57. The molecular weight excluding hydrogens is 309 g/mol. The first-order valence-electron chi connectivity index (χ1n) is 8.22. The van der Waals surface area contributed by atoms with Crippen molar-refractivity contribution in [1.29, 1.82) is 0 Å². The summed E-state index contributed by atoms with van der Waals surface area (Å²) in [4.78, 5) is 6.16. The normalized spacial score (nSPS) is 20.4. The van der Waals surface area contributed by atoms with Gasteiger partial charge >= 0.3 is 0 Å². The minimum absolute atomic E-state index is 0.179. The van der Waals surface area contributed by atoms with Gasteiger partial charge in [0.1, 0.15) is 0 Å². The molecule has 126 valence electrons. The summed E-state index contributed by atoms with van der Waals surface area (Å²) in [5.74, 6) is 1.77. The minimum Gasteiger partial charge on any atom is -0.454 e. The van der Waals surface area contributed by atoms with Crippen molar-refractivity contribution in [3.05, 3.63) is 47.9 Å². The summed E-state index contributed by atoms with van der Waals surface area (Å²) in [7, 11) is 0. The Morgan fingerprint density at radius 3 is 3.04 bits per heavy atom. The lowest BCUT2D eigenvalue weighted by Gasteiger charge is -2.21. The van der Waals surface area contributed by atoms with Crippen molar-refractivity contribution < 1.29 is 13.9 Å². The number of nitrogens with one attached hydrogen (secondary N) is 1. The fourth-order valence-electron chi connectivity index (χ4n) is 3.33. The highest BCUT2D eigenvalue weighted by molar-refractivity contribution is 5.45. The smallest absolute Gasteiger partial charge is 0.231 e. The molecule has 0 aliphatic carbocycles. The molecule has 24 heavy (non-hydrogen) atoms. The van der Waals surface area contributed by atoms with Gasteiger partial charge in [0.15, 0.2) is 23.1 Å². The maximum atomic E-state index is 13.9. The second-order valence-electron chi connectivity index (χ2n) is 6.24. The average molecular weight is 329 g/mol. The molecule has 1 fully saturated rings. The van der Waals surface area contributed by atoms with E-state index in [1.54, 1.807) is 12.3 Å². The van der Waals surface area contributed by atoms with E-state index in [9.17, 15) is 4.39 Å². The Balaban J connectivity index is 1.40. The van der Waals surface area contributed by atoms with E-state index in [1.807, 2.05) is 17.0 Å². The molecule has 2 aromatic rings. The van der Waals surface area contributed by atoms with Crippen LogP contribution in [0.15, 0.2) is 36.5 Å². The number of nitrogens with zero attached hydrogens (tertiary/aromatic N) is 2. The zero-order chi connectivity index (χ0) is 16.5. The molecule has 0 spiro atoms. The Labute approximate surface area is 140 Å². The third-order valence-electron chi connectivity index (χ3n) is 4.61. The highest BCUT2D eigenvalue weighted by atomic mass is 19.1. The van der Waals surface area contributed by atoms with Gasteiger partial charge in [-0.15, -0.1) is 0 Å². The number of aromatic nitrogens is 1. The Kier molecular flexibility index (Phi) is 3.98. The van der Waals surface area contributed by atoms with E-state index < -0.39 is 0 Å². The average Bonchev–Trinajstić information content (AvgIpc) is 3.23. The van der Waals surface area contributed by atoms with Crippen LogP contribution in [0.3, 0.4) is 0 Å². The van der Waals surface area contributed by atoms with Gasteiger partial charge in [0, 0.05) is 31.4 Å². The second kappa shape index (κ2) is 6.28. The zero-order valence-corrected chi connectivity index (χ0v) is 13.5. The fourth-order valence-corrected chi connectivity index (χ4v) is 3.33. The number of benzene rings is 1. The summed E-state index contributed by atoms with van der Waals surface area (Å²) < 4.78 is 24.7. The van der Waals surface area contributed by atoms with Crippen LogP contribution < -0.4 is 19.7 Å². The summed E-state index contributed by atoms with van der Waals surface area (Å²) in [6.07, 6.45) is 2.60. The fraction of sp³-hybridized carbons (Fsp3) is 0.389. The molecule has 1 N–H and O–H groups in total. The number of hydrogen-bond acceptors (Lipinski definition) is 5. The molecule has 0 saturated carbocycles. The van der Waals surface area contributed by atoms with Crippen LogP contribution in [0.1, 0.15) is 24.9 Å². The molecule has 0 unspecified atom stereocenters. The van der Waals surface area contributed by atoms with E-state index in [1.165, 1.54) is 6.07 Å². The van der Waals surface area contributed by atoms with Gasteiger partial charge in [0.2, 0.25) is 6.79 Å². The molecule has 5 nitrogen and oxygen atoms in total. The van der Waals surface area contributed by atoms with Gasteiger partial charge in [-0.3, -0.25) is 0 Å². The Morgan fingerprint density at radius 1 is 1.29 bits per heavy atom. The van der Waals surface area contributed by atoms with Crippen LogP contribution in [0.2, 0.25) is 0 Å². The van der Waals surface area contributed by atoms with Crippen molar-refractivity contribution in [2.24, 2.45) is 0 Å². The van der Waals surface area contributed by atoms with Crippen LogP contribution in [0.25, 0.3) is 0 Å². The van der Waals surface area contributed by atoms with E-state index in [0.29, 0.717) is 11.9 Å². The van der Waals surface area contributed by atoms with Gasteiger partial charge < -0.3 is 19.7 Å². The standard InChI is InChI=1S/C18H20FN3O2/c1-12(13-4-5-16-17(9-13)24-11-23-16)21-14-6-8-22(10-14)18-15(19)3-2-7-20-18/h2-5,7,9,12,14,21H,6,8,10-11H2,1H3/t12-,14+/m0/s1. The van der Waals surface area contributed by atoms with Gasteiger partial charge in [0.25, 0.3) is 0 Å². The molecule has 2 aliphatic rings. The zero-order valence-electron chi connectivity index (χ0n) is 13.5. The van der Waals surface area contributed by atoms with Gasteiger partial charge in [-0.25, -0.2) is 9.37 Å². The number of rotatable bonds is 4. The molecule has 3 heterocycles. The Bertz CT molecular complexity index is 740. The van der Waals surface area contributed by atoms with Crippen LogP contribution in [0.4, 0.5) is 10.2 Å². The largest absolute Gasteiger partial charge is 0.454 e. The van der Waals surface area contributed by atoms with Gasteiger partial charge in [-0.05, 0) is 43.2 Å². The first-order chi connectivity index (χ1) is 11.7. The van der Waals surface area contributed by atoms with Gasteiger partial charge in [-0.1, -0.05) is 6.07 Å². The quantitative estimate of drug-likeness (QED) is 0.934. The summed E-state index contributed by atoms with van der Waals surface area (Å²) >= 11 is 0. The van der Waals surface area contributed by atoms with Crippen molar-refractivity contribution in [2.45, 2.75) is 25.4 Å². The topological polar surface area (TPSA) is 46.6 Å². The Morgan fingerprint density at radius 2 is 2.17 bits per heavy atom. The van der Waals surface area contributed by atoms with Crippen LogP contribution in [0, 0.1) is 5.82 Å². The van der Waals surface area contributed by atoms with Crippen molar-refractivity contribution in [3.63, 3.8) is 0 Å². The first-order valence-corrected chi connectivity index (χ1v) is 8.22. The number of hydrogen-bond donors (Lipinski definition) is 1. The molecule has 1 aromatic carbocycles. The predicted molar refractivity (Wildman–Crippen MR) is 88.9 cm³/mol. The molecule has 1 saturated heterocycles. The van der Waals surface area contributed by atoms with Crippen molar-refractivity contribution >= 4 is 5.82 Å². The third-order valence-corrected chi connectivity index (χ3v) is 4.61. The van der Waals surface area contributed by atoms with Crippen LogP contribution in [-0.2, 0) is 0 Å². The van der Waals surface area contributed by atoms with Gasteiger partial charge in [-0.2, -0.15) is 0 Å². The van der Waals surface area contributed by atoms with Gasteiger partial charge in [0.05, 0.1) is 0 Å². The molecule has 6 heteroatoms. The summed E-state index contributed by atoms with van der Waals surface area (Å²) in [5, 5.41) is 3.62. The number of pyridine rings is 1. The lowest BCUT2D eigenvalue weighted by molar-refractivity contribution is 0.174. The van der Waals surface area contributed by atoms with Crippen molar-refractivity contribution in [2.75, 3.05) is 24.8 Å². The SMILES string of the molecule is C[C@H](N[C@@H]1CCN(c2ncccc2F)C1)c1ccc2c(c1)OCO2. The lowest BCUT2D eigenvalue weighted by Crippen LogP contribution is -2.34. The lowest BCUT2D eigenvalue weighted by atomic mass is 10.1. The molecular formula is C18H20FN3O2. The van der Waals surface area contributed by atoms with Crippen LogP contribution in [-0.4, -0.2) is 30.9 Å². The van der Waals surface area contributed by atoms with Crippen LogP contribution in [0.5, 0.6) is 11.5 Å². The second-order valence-corrected chi connectivity index (χ2v) is 6.24. The van der Waals surface area contributed by atoms with E-state index >= 15 is 0 Å². The maximum absolute atomic E-state index is 13.9. The molecule has 2 aliphatic heterocycles. The monoisotopic (exact) mass is 329 g/mol. The molecule has 2 atom stereocenters. The summed E-state index contributed by atoms with van der Waals surface area (Å²) in [5.41, 5.74) is 1.15. The predicted octanol–water partition coefficient (Wildman–Crippen LogP) is 2.88. The molecule has 0 bridgehead atoms. The Hall–Kier alpha value is -2.34. The highest BCUT2D eigenvalue weighted by Crippen LogP contribution is 2.34. The van der Waals surface area contributed by atoms with Crippen molar-refractivity contribution in [3.8, 4) is 11.5 Å². The number of ether oxygens (including phenoxy) is 2. The maximum Gasteiger partial charge on any atom is 0.231 e. The van der Waals surface area contributed by atoms with Crippen molar-refractivity contribution in [1.82, 2.24) is 10.3 Å². The van der Waals surface area contributed by atoms with Crippen LogP contribution >= 0.6 is 0 Å². The minimum atomic E-state index is -0.262. The first kappa shape index (κ1) is 15.2. The summed E-state index contributed by atoms with van der Waals surface area (Å²) in [6.45, 7) is 3.97. The number of fused-ring (bicyclic) bond motifs is 1. The van der Waals surface area contributed by atoms with E-state index in [0.717, 1.165) is 36.6 Å². The van der Waals surface area contributed by atoms with E-state index in [-0.39, 0.29) is 18.7 Å². The number of anilines is 1. The van der Waals surface area contributed by atoms with E-state index in [2.05, 4.69) is 23.3 Å².